The molecule has 0 aliphatic carbocycles. The highest BCUT2D eigenvalue weighted by atomic mass is 32.2. The monoisotopic (exact) mass is 466 g/mol. The molecule has 0 fully saturated rings. The number of nitrogens with zero attached hydrogens (tertiary/aromatic N) is 3. The topological polar surface area (TPSA) is 80.0 Å². The van der Waals surface area contributed by atoms with E-state index in [1.165, 1.54) is 11.8 Å². The molecule has 0 saturated carbocycles. The first-order chi connectivity index (χ1) is 16.6. The molecule has 5 aromatic rings. The molecule has 0 spiro atoms. The van der Waals surface area contributed by atoms with Crippen LogP contribution < -0.4 is 5.32 Å². The minimum Gasteiger partial charge on any atom is -0.508 e. The van der Waals surface area contributed by atoms with Crippen molar-refractivity contribution in [2.45, 2.75) is 17.3 Å². The Labute approximate surface area is 201 Å². The van der Waals surface area contributed by atoms with Crippen molar-refractivity contribution in [3.05, 3.63) is 97.1 Å². The minimum atomic E-state index is -0.418. The first-order valence-corrected chi connectivity index (χ1v) is 11.7. The summed E-state index contributed by atoms with van der Waals surface area (Å²) in [6.07, 6.45) is 0. The van der Waals surface area contributed by atoms with Gasteiger partial charge in [0, 0.05) is 22.3 Å². The Bertz CT molecular complexity index is 1440. The first-order valence-electron chi connectivity index (χ1n) is 10.9. The molecule has 1 aromatic heterocycles. The molecule has 2 N–H and O–H groups in total. The van der Waals surface area contributed by atoms with Crippen molar-refractivity contribution in [1.29, 1.82) is 0 Å². The summed E-state index contributed by atoms with van der Waals surface area (Å²) in [5.74, 6) is 0.702. The fourth-order valence-electron chi connectivity index (χ4n) is 3.73. The average molecular weight is 467 g/mol. The van der Waals surface area contributed by atoms with Crippen LogP contribution >= 0.6 is 11.8 Å². The zero-order valence-corrected chi connectivity index (χ0v) is 19.2. The van der Waals surface area contributed by atoms with Crippen LogP contribution in [0.4, 0.5) is 5.69 Å². The number of carbonyl (C=O) groups is 1. The maximum absolute atomic E-state index is 13.1. The molecule has 0 aliphatic rings. The number of nitrogens with one attached hydrogen (secondary N) is 1. The van der Waals surface area contributed by atoms with E-state index in [1.54, 1.807) is 24.3 Å². The minimum absolute atomic E-state index is 0.116. The van der Waals surface area contributed by atoms with Crippen LogP contribution in [0.5, 0.6) is 5.75 Å². The van der Waals surface area contributed by atoms with E-state index >= 15 is 0 Å². The first kappa shape index (κ1) is 21.7. The number of anilines is 1. The van der Waals surface area contributed by atoms with Crippen molar-refractivity contribution >= 4 is 34.1 Å². The standard InChI is InChI=1S/C27H22N4O2S/c1-18(26(33)28-24-13-7-9-19-8-5-6-12-23(19)24)34-27-30-29-25(20-14-16-22(32)17-15-20)31(27)21-10-3-2-4-11-21/h2-18,32H,1H3,(H,28,33). The lowest BCUT2D eigenvalue weighted by Crippen LogP contribution is -2.23. The molecule has 1 atom stereocenters. The van der Waals surface area contributed by atoms with E-state index in [2.05, 4.69) is 15.5 Å². The highest BCUT2D eigenvalue weighted by Crippen LogP contribution is 2.31. The Hall–Kier alpha value is -4.10. The average Bonchev–Trinajstić information content (AvgIpc) is 3.28. The quantitative estimate of drug-likeness (QED) is 0.304. The van der Waals surface area contributed by atoms with Gasteiger partial charge in [-0.2, -0.15) is 0 Å². The number of phenols is 1. The molecule has 0 radical (unpaired) electrons. The zero-order chi connectivity index (χ0) is 23.5. The summed E-state index contributed by atoms with van der Waals surface area (Å²) in [5, 5.41) is 23.8. The van der Waals surface area contributed by atoms with Gasteiger partial charge in [0.25, 0.3) is 0 Å². The number of thioether (sulfide) groups is 1. The predicted octanol–water partition coefficient (Wildman–Crippen LogP) is 5.91. The molecule has 5 rings (SSSR count). The lowest BCUT2D eigenvalue weighted by Gasteiger charge is -2.15. The van der Waals surface area contributed by atoms with Gasteiger partial charge < -0.3 is 10.4 Å². The predicted molar refractivity (Wildman–Crippen MR) is 136 cm³/mol. The normalized spacial score (nSPS) is 11.9. The summed E-state index contributed by atoms with van der Waals surface area (Å²) in [5.41, 5.74) is 2.48. The number of carbonyl (C=O) groups excluding carboxylic acids is 1. The van der Waals surface area contributed by atoms with E-state index in [4.69, 9.17) is 0 Å². The number of fused-ring (bicyclic) bond motifs is 1. The molecule has 34 heavy (non-hydrogen) atoms. The van der Waals surface area contributed by atoms with Gasteiger partial charge in [0.05, 0.1) is 5.25 Å². The van der Waals surface area contributed by atoms with E-state index in [0.717, 1.165) is 27.7 Å². The van der Waals surface area contributed by atoms with E-state index < -0.39 is 5.25 Å². The Morgan fingerprint density at radius 1 is 0.882 bits per heavy atom. The number of benzene rings is 4. The van der Waals surface area contributed by atoms with E-state index in [9.17, 15) is 9.90 Å². The molecule has 168 valence electrons. The molecular formula is C27H22N4O2S. The van der Waals surface area contributed by atoms with Crippen LogP contribution in [0.15, 0.2) is 102 Å². The molecule has 0 bridgehead atoms. The number of amides is 1. The molecule has 4 aromatic carbocycles. The summed E-state index contributed by atoms with van der Waals surface area (Å²) in [6, 6.07) is 30.4. The highest BCUT2D eigenvalue weighted by Gasteiger charge is 2.22. The van der Waals surface area contributed by atoms with Crippen LogP contribution in [0.25, 0.3) is 27.8 Å². The number of aromatic hydroxyl groups is 1. The Morgan fingerprint density at radius 3 is 2.38 bits per heavy atom. The van der Waals surface area contributed by atoms with Crippen LogP contribution in [-0.2, 0) is 4.79 Å². The maximum Gasteiger partial charge on any atom is 0.237 e. The summed E-state index contributed by atoms with van der Waals surface area (Å²) >= 11 is 1.34. The van der Waals surface area contributed by atoms with Gasteiger partial charge in [-0.25, -0.2) is 0 Å². The lowest BCUT2D eigenvalue weighted by molar-refractivity contribution is -0.115. The fourth-order valence-corrected chi connectivity index (χ4v) is 4.60. The van der Waals surface area contributed by atoms with Crippen molar-refractivity contribution in [3.63, 3.8) is 0 Å². The zero-order valence-electron chi connectivity index (χ0n) is 18.4. The Morgan fingerprint density at radius 2 is 1.59 bits per heavy atom. The van der Waals surface area contributed by atoms with Crippen molar-refractivity contribution in [2.24, 2.45) is 0 Å². The van der Waals surface area contributed by atoms with Crippen LogP contribution in [0, 0.1) is 0 Å². The SMILES string of the molecule is CC(Sc1nnc(-c2ccc(O)cc2)n1-c1ccccc1)C(=O)Nc1cccc2ccccc12. The molecule has 0 saturated heterocycles. The van der Waals surface area contributed by atoms with Gasteiger partial charge in [-0.1, -0.05) is 66.4 Å². The Balaban J connectivity index is 1.44. The third-order valence-electron chi connectivity index (χ3n) is 5.47. The van der Waals surface area contributed by atoms with Gasteiger partial charge in [0.1, 0.15) is 5.75 Å². The molecule has 6 nitrogen and oxygen atoms in total. The van der Waals surface area contributed by atoms with Crippen LogP contribution in [-0.4, -0.2) is 31.0 Å². The number of phenolic OH excluding ortho intramolecular Hbond substituents is 1. The van der Waals surface area contributed by atoms with Crippen molar-refractivity contribution in [2.75, 3.05) is 5.32 Å². The Kier molecular flexibility index (Phi) is 6.01. The number of hydrogen-bond acceptors (Lipinski definition) is 5. The summed E-state index contributed by atoms with van der Waals surface area (Å²) in [6.45, 7) is 1.86. The van der Waals surface area contributed by atoms with E-state index in [0.29, 0.717) is 11.0 Å². The van der Waals surface area contributed by atoms with E-state index in [1.807, 2.05) is 84.3 Å². The van der Waals surface area contributed by atoms with Gasteiger partial charge in [-0.3, -0.25) is 9.36 Å². The summed E-state index contributed by atoms with van der Waals surface area (Å²) in [7, 11) is 0. The number of para-hydroxylation sites is 1. The summed E-state index contributed by atoms with van der Waals surface area (Å²) in [4.78, 5) is 13.1. The number of rotatable bonds is 6. The highest BCUT2D eigenvalue weighted by molar-refractivity contribution is 8.00. The van der Waals surface area contributed by atoms with Crippen molar-refractivity contribution in [1.82, 2.24) is 14.8 Å². The van der Waals surface area contributed by atoms with E-state index in [-0.39, 0.29) is 11.7 Å². The molecule has 1 heterocycles. The molecule has 1 unspecified atom stereocenters. The second kappa shape index (κ2) is 9.41. The van der Waals surface area contributed by atoms with Crippen LogP contribution in [0.2, 0.25) is 0 Å². The van der Waals surface area contributed by atoms with Crippen LogP contribution in [0.1, 0.15) is 6.92 Å². The lowest BCUT2D eigenvalue weighted by atomic mass is 10.1. The van der Waals surface area contributed by atoms with Gasteiger partial charge in [-0.05, 0) is 54.8 Å². The van der Waals surface area contributed by atoms with Crippen LogP contribution in [0.3, 0.4) is 0 Å². The summed E-state index contributed by atoms with van der Waals surface area (Å²) < 4.78 is 1.93. The van der Waals surface area contributed by atoms with Gasteiger partial charge >= 0.3 is 0 Å². The van der Waals surface area contributed by atoms with Gasteiger partial charge in [0.2, 0.25) is 5.91 Å². The molecule has 7 heteroatoms. The molecule has 1 amide bonds. The molecular weight excluding hydrogens is 444 g/mol. The second-order valence-electron chi connectivity index (χ2n) is 7.80. The fraction of sp³-hybridized carbons (Fsp3) is 0.0741. The largest absolute Gasteiger partial charge is 0.508 e. The second-order valence-corrected chi connectivity index (χ2v) is 9.11. The smallest absolute Gasteiger partial charge is 0.237 e. The van der Waals surface area contributed by atoms with Gasteiger partial charge in [0.15, 0.2) is 11.0 Å². The van der Waals surface area contributed by atoms with Crippen molar-refractivity contribution in [3.8, 4) is 22.8 Å². The maximum atomic E-state index is 13.1. The van der Waals surface area contributed by atoms with Crippen molar-refractivity contribution < 1.29 is 9.90 Å². The number of hydrogen-bond donors (Lipinski definition) is 2. The molecule has 0 aliphatic heterocycles. The number of aromatic nitrogens is 3. The third kappa shape index (κ3) is 4.38. The third-order valence-corrected chi connectivity index (χ3v) is 6.51. The van der Waals surface area contributed by atoms with Gasteiger partial charge in [-0.15, -0.1) is 10.2 Å².